The lowest BCUT2D eigenvalue weighted by Crippen LogP contribution is -2.49. The third-order valence-corrected chi connectivity index (χ3v) is 9.75. The van der Waals surface area contributed by atoms with Crippen LogP contribution in [0.15, 0.2) is 83.0 Å². The molecule has 2 unspecified atom stereocenters. The van der Waals surface area contributed by atoms with Crippen LogP contribution in [0.2, 0.25) is 0 Å². The van der Waals surface area contributed by atoms with Gasteiger partial charge in [-0.15, -0.1) is 0 Å². The fraction of sp³-hybridized carbons (Fsp3) is 0.344. The van der Waals surface area contributed by atoms with E-state index in [-0.39, 0.29) is 30.2 Å². The van der Waals surface area contributed by atoms with Crippen LogP contribution in [0.3, 0.4) is 0 Å². The molecule has 0 aliphatic carbocycles. The number of likely N-dealkylation sites (tertiary alicyclic amines) is 1. The van der Waals surface area contributed by atoms with Crippen LogP contribution in [0.1, 0.15) is 29.5 Å². The predicted molar refractivity (Wildman–Crippen MR) is 171 cm³/mol. The summed E-state index contributed by atoms with van der Waals surface area (Å²) in [5.74, 6) is -1.56. The summed E-state index contributed by atoms with van der Waals surface area (Å²) >= 11 is 0. The molecule has 0 radical (unpaired) electrons. The van der Waals surface area contributed by atoms with Gasteiger partial charge in [-0.25, -0.2) is 18.2 Å². The van der Waals surface area contributed by atoms with E-state index < -0.39 is 52.2 Å². The molecule has 3 aromatic rings. The summed E-state index contributed by atoms with van der Waals surface area (Å²) in [6.07, 6.45) is 1.45. The van der Waals surface area contributed by atoms with Crippen LogP contribution in [0, 0.1) is 13.8 Å². The van der Waals surface area contributed by atoms with E-state index in [2.05, 4.69) is 25.5 Å². The minimum absolute atomic E-state index is 0.0114. The summed E-state index contributed by atoms with van der Waals surface area (Å²) in [5, 5.41) is 19.4. The third-order valence-electron chi connectivity index (χ3n) is 7.97. The largest absolute Gasteiger partial charge is 0.480 e. The Morgan fingerprint density at radius 2 is 1.79 bits per heavy atom. The van der Waals surface area contributed by atoms with Gasteiger partial charge in [0.15, 0.2) is 5.60 Å². The molecule has 0 bridgehead atoms. The third kappa shape index (κ3) is 8.04. The van der Waals surface area contributed by atoms with Crippen LogP contribution in [0.25, 0.3) is 0 Å². The Labute approximate surface area is 272 Å². The molecule has 2 aromatic carbocycles. The zero-order valence-corrected chi connectivity index (χ0v) is 26.7. The van der Waals surface area contributed by atoms with Crippen LogP contribution < -0.4 is 15.4 Å². The molecule has 3 heterocycles. The monoisotopic (exact) mass is 664 g/mol. The second kappa shape index (κ2) is 14.2. The lowest BCUT2D eigenvalue weighted by molar-refractivity contribution is -0.138. The number of aromatic nitrogens is 1. The average molecular weight is 665 g/mol. The second-order valence-corrected chi connectivity index (χ2v) is 13.2. The summed E-state index contributed by atoms with van der Waals surface area (Å²) in [6.45, 7) is 3.16. The fourth-order valence-corrected chi connectivity index (χ4v) is 7.38. The van der Waals surface area contributed by atoms with Gasteiger partial charge < -0.3 is 25.3 Å². The molecule has 15 heteroatoms. The van der Waals surface area contributed by atoms with Crippen LogP contribution in [-0.2, 0) is 35.8 Å². The highest BCUT2D eigenvalue weighted by Gasteiger charge is 2.52. The SMILES string of the molecule is Cc1cccc(C)c1S(=O)(=O)NC(CNC(=O)C1=NO[C@]2(C1)CC(CNc1ccccn1)N(C(=O)OCc1ccccc1)C2)C(=O)O. The molecule has 2 aliphatic heterocycles. The second-order valence-electron chi connectivity index (χ2n) is 11.6. The first kappa shape index (κ1) is 33.3. The maximum absolute atomic E-state index is 13.3. The number of carboxylic acid groups (broad SMARTS) is 1. The predicted octanol–water partition coefficient (Wildman–Crippen LogP) is 2.58. The Kier molecular flexibility index (Phi) is 10.1. The van der Waals surface area contributed by atoms with Gasteiger partial charge in [0.2, 0.25) is 10.0 Å². The first-order valence-corrected chi connectivity index (χ1v) is 16.4. The van der Waals surface area contributed by atoms with Gasteiger partial charge in [-0.1, -0.05) is 59.8 Å². The number of amides is 2. The van der Waals surface area contributed by atoms with E-state index in [1.807, 2.05) is 36.4 Å². The Morgan fingerprint density at radius 3 is 2.47 bits per heavy atom. The molecule has 1 aromatic heterocycles. The molecule has 2 aliphatic rings. The number of nitrogens with one attached hydrogen (secondary N) is 3. The minimum Gasteiger partial charge on any atom is -0.480 e. The number of ether oxygens (including phenoxy) is 1. The number of hydrogen-bond acceptors (Lipinski definition) is 10. The molecule has 4 N–H and O–H groups in total. The van der Waals surface area contributed by atoms with Gasteiger partial charge in [0.25, 0.3) is 5.91 Å². The van der Waals surface area contributed by atoms with Crippen molar-refractivity contribution >= 4 is 39.5 Å². The molecule has 248 valence electrons. The van der Waals surface area contributed by atoms with E-state index in [0.717, 1.165) is 5.56 Å². The normalized spacial score (nSPS) is 19.5. The molecule has 0 saturated carbocycles. The maximum Gasteiger partial charge on any atom is 0.410 e. The summed E-state index contributed by atoms with van der Waals surface area (Å²) < 4.78 is 33.9. The summed E-state index contributed by atoms with van der Waals surface area (Å²) in [5.41, 5.74) is 0.703. The van der Waals surface area contributed by atoms with Crippen molar-refractivity contribution in [1.82, 2.24) is 19.9 Å². The highest BCUT2D eigenvalue weighted by atomic mass is 32.2. The Morgan fingerprint density at radius 1 is 1.06 bits per heavy atom. The number of aryl methyl sites for hydroxylation is 2. The van der Waals surface area contributed by atoms with Gasteiger partial charge in [-0.3, -0.25) is 14.5 Å². The van der Waals surface area contributed by atoms with Crippen molar-refractivity contribution < 1.29 is 37.5 Å². The number of carboxylic acids is 1. The molecule has 14 nitrogen and oxygen atoms in total. The van der Waals surface area contributed by atoms with Gasteiger partial charge >= 0.3 is 12.1 Å². The van der Waals surface area contributed by atoms with Crippen LogP contribution in [-0.4, -0.2) is 84.4 Å². The molecule has 1 fully saturated rings. The number of carbonyl (C=O) groups excluding carboxylic acids is 2. The van der Waals surface area contributed by atoms with E-state index in [0.29, 0.717) is 29.9 Å². The minimum atomic E-state index is -4.22. The number of rotatable bonds is 12. The van der Waals surface area contributed by atoms with E-state index in [1.54, 1.807) is 50.4 Å². The number of nitrogens with zero attached hydrogens (tertiary/aromatic N) is 3. The Balaban J connectivity index is 1.22. The number of hydrogen-bond donors (Lipinski definition) is 4. The van der Waals surface area contributed by atoms with Crippen molar-refractivity contribution in [2.24, 2.45) is 5.16 Å². The molecule has 47 heavy (non-hydrogen) atoms. The van der Waals surface area contributed by atoms with Crippen molar-refractivity contribution in [3.63, 3.8) is 0 Å². The van der Waals surface area contributed by atoms with Crippen molar-refractivity contribution in [3.8, 4) is 0 Å². The first-order valence-electron chi connectivity index (χ1n) is 14.9. The zero-order chi connectivity index (χ0) is 33.6. The Hall–Kier alpha value is -5.02. The molecule has 5 rings (SSSR count). The summed E-state index contributed by atoms with van der Waals surface area (Å²) in [6, 6.07) is 17.6. The summed E-state index contributed by atoms with van der Waals surface area (Å²) in [7, 11) is -4.22. The van der Waals surface area contributed by atoms with Crippen LogP contribution >= 0.6 is 0 Å². The van der Waals surface area contributed by atoms with Crippen molar-refractivity contribution in [1.29, 1.82) is 0 Å². The van der Waals surface area contributed by atoms with Gasteiger partial charge in [0, 0.05) is 32.1 Å². The number of pyridine rings is 1. The first-order chi connectivity index (χ1) is 22.5. The quantitative estimate of drug-likeness (QED) is 0.224. The topological polar surface area (TPSA) is 189 Å². The van der Waals surface area contributed by atoms with Gasteiger partial charge in [0.1, 0.15) is 24.2 Å². The Bertz CT molecular complexity index is 1740. The van der Waals surface area contributed by atoms with Crippen LogP contribution in [0.4, 0.5) is 10.6 Å². The standard InChI is InChI=1S/C32H36N6O8S/c1-21-9-8-10-22(2)28(21)47(43,44)37-26(30(40)41)18-35-29(39)25-16-32(46-36-25)15-24(17-34-27-13-6-7-14-33-27)38(20-32)31(42)45-19-23-11-4-3-5-12-23/h3-14,24,26,37H,15-20H2,1-2H3,(H,33,34)(H,35,39)(H,40,41)/t24?,26?,32-/m0/s1. The average Bonchev–Trinajstić information content (AvgIpc) is 3.64. The van der Waals surface area contributed by atoms with Crippen LogP contribution in [0.5, 0.6) is 0 Å². The number of aliphatic carboxylic acids is 1. The van der Waals surface area contributed by atoms with Gasteiger partial charge in [0.05, 0.1) is 17.5 Å². The highest BCUT2D eigenvalue weighted by Crippen LogP contribution is 2.38. The maximum atomic E-state index is 13.3. The zero-order valence-electron chi connectivity index (χ0n) is 25.9. The van der Waals surface area contributed by atoms with E-state index >= 15 is 0 Å². The molecule has 3 atom stereocenters. The van der Waals surface area contributed by atoms with Crippen molar-refractivity contribution in [3.05, 3.63) is 89.6 Å². The number of carbonyl (C=O) groups is 3. The fourth-order valence-electron chi connectivity index (χ4n) is 5.71. The molecule has 2 amide bonds. The number of anilines is 1. The van der Waals surface area contributed by atoms with Crippen molar-refractivity contribution in [2.45, 2.75) is 55.9 Å². The smallest absolute Gasteiger partial charge is 0.410 e. The number of benzene rings is 2. The molecular formula is C32H36N6O8S. The summed E-state index contributed by atoms with van der Waals surface area (Å²) in [4.78, 5) is 49.9. The van der Waals surface area contributed by atoms with Gasteiger partial charge in [-0.05, 0) is 42.7 Å². The molecule has 1 saturated heterocycles. The lowest BCUT2D eigenvalue weighted by atomic mass is 9.94. The lowest BCUT2D eigenvalue weighted by Gasteiger charge is -2.24. The number of oxime groups is 1. The van der Waals surface area contributed by atoms with Crippen molar-refractivity contribution in [2.75, 3.05) is 25.0 Å². The van der Waals surface area contributed by atoms with Gasteiger partial charge in [-0.2, -0.15) is 4.72 Å². The highest BCUT2D eigenvalue weighted by molar-refractivity contribution is 7.89. The van der Waals surface area contributed by atoms with E-state index in [1.165, 1.54) is 4.90 Å². The number of sulfonamides is 1. The molecule has 1 spiro atoms. The van der Waals surface area contributed by atoms with E-state index in [4.69, 9.17) is 9.57 Å². The molecular weight excluding hydrogens is 628 g/mol. The van der Waals surface area contributed by atoms with E-state index in [9.17, 15) is 27.9 Å².